The van der Waals surface area contributed by atoms with E-state index in [-0.39, 0.29) is 29.4 Å². The summed E-state index contributed by atoms with van der Waals surface area (Å²) in [6.07, 6.45) is 3.99. The van der Waals surface area contributed by atoms with Gasteiger partial charge < -0.3 is 15.1 Å². The lowest BCUT2D eigenvalue weighted by Gasteiger charge is -2.31. The standard InChI is InChI=1S/C18H19N3O3.C2H6/c1-2-3-10-20-13-19-21-11-9-15(22)17(16(21)18(20)23)24-12-14-7-5-4-6-8-14;1-2/h2,4-9,11,19H,1,3,10,12-13H2;1-2H3. The Morgan fingerprint density at radius 2 is 1.92 bits per heavy atom. The molecule has 1 aliphatic heterocycles. The van der Waals surface area contributed by atoms with Crippen LogP contribution in [0.5, 0.6) is 5.75 Å². The van der Waals surface area contributed by atoms with Gasteiger partial charge in [0.25, 0.3) is 5.91 Å². The first-order valence-corrected chi connectivity index (χ1v) is 8.77. The van der Waals surface area contributed by atoms with Gasteiger partial charge in [-0.25, -0.2) is 0 Å². The first kappa shape index (κ1) is 19.3. The second kappa shape index (κ2) is 9.46. The van der Waals surface area contributed by atoms with Gasteiger partial charge in [-0.05, 0) is 12.0 Å². The molecule has 1 N–H and O–H groups in total. The normalized spacial score (nSPS) is 12.4. The van der Waals surface area contributed by atoms with Gasteiger partial charge in [-0.15, -0.1) is 6.58 Å². The van der Waals surface area contributed by atoms with Gasteiger partial charge in [-0.2, -0.15) is 0 Å². The quantitative estimate of drug-likeness (QED) is 0.809. The van der Waals surface area contributed by atoms with E-state index in [1.807, 2.05) is 44.2 Å². The Bertz CT molecular complexity index is 800. The predicted molar refractivity (Wildman–Crippen MR) is 103 cm³/mol. The average Bonchev–Trinajstić information content (AvgIpc) is 2.69. The highest BCUT2D eigenvalue weighted by Crippen LogP contribution is 2.19. The minimum absolute atomic E-state index is 0.0714. The van der Waals surface area contributed by atoms with Gasteiger partial charge in [0.15, 0.2) is 11.4 Å². The molecular weight excluding hydrogens is 330 g/mol. The van der Waals surface area contributed by atoms with Crippen LogP contribution >= 0.6 is 0 Å². The number of ether oxygens (including phenoxy) is 1. The van der Waals surface area contributed by atoms with Crippen LogP contribution in [0.15, 0.2) is 60.0 Å². The van der Waals surface area contributed by atoms with Crippen molar-refractivity contribution in [2.24, 2.45) is 0 Å². The van der Waals surface area contributed by atoms with Crippen molar-refractivity contribution >= 4 is 5.91 Å². The van der Waals surface area contributed by atoms with Crippen LogP contribution in [0, 0.1) is 0 Å². The number of fused-ring (bicyclic) bond motifs is 1. The zero-order valence-corrected chi connectivity index (χ0v) is 15.3. The Labute approximate surface area is 153 Å². The van der Waals surface area contributed by atoms with E-state index in [1.54, 1.807) is 21.8 Å². The second-order valence-electron chi connectivity index (χ2n) is 5.46. The summed E-state index contributed by atoms with van der Waals surface area (Å²) in [5.74, 6) is -0.154. The zero-order chi connectivity index (χ0) is 18.9. The maximum Gasteiger partial charge on any atom is 0.277 e. The highest BCUT2D eigenvalue weighted by atomic mass is 16.5. The number of aromatic nitrogens is 1. The number of hydrogen-bond donors (Lipinski definition) is 1. The Balaban J connectivity index is 0.00000117. The van der Waals surface area contributed by atoms with Gasteiger partial charge >= 0.3 is 0 Å². The summed E-state index contributed by atoms with van der Waals surface area (Å²) >= 11 is 0. The molecule has 1 amide bonds. The molecule has 6 nitrogen and oxygen atoms in total. The molecule has 2 aromatic rings. The van der Waals surface area contributed by atoms with Crippen molar-refractivity contribution in [1.82, 2.24) is 9.58 Å². The number of rotatable bonds is 6. The highest BCUT2D eigenvalue weighted by Gasteiger charge is 2.28. The lowest BCUT2D eigenvalue weighted by Crippen LogP contribution is -2.46. The van der Waals surface area contributed by atoms with Crippen LogP contribution in [0.2, 0.25) is 0 Å². The van der Waals surface area contributed by atoms with Crippen molar-refractivity contribution in [1.29, 1.82) is 0 Å². The summed E-state index contributed by atoms with van der Waals surface area (Å²) in [6, 6.07) is 10.9. The molecule has 0 unspecified atom stereocenters. The van der Waals surface area contributed by atoms with E-state index in [4.69, 9.17) is 4.74 Å². The summed E-state index contributed by atoms with van der Waals surface area (Å²) in [4.78, 5) is 26.6. The van der Waals surface area contributed by atoms with Gasteiger partial charge in [-0.1, -0.05) is 50.3 Å². The molecule has 1 aromatic carbocycles. The summed E-state index contributed by atoms with van der Waals surface area (Å²) in [5.41, 5.74) is 3.94. The fourth-order valence-corrected chi connectivity index (χ4v) is 2.53. The molecule has 0 fully saturated rings. The highest BCUT2D eigenvalue weighted by molar-refractivity contribution is 5.96. The minimum Gasteiger partial charge on any atom is -0.482 e. The van der Waals surface area contributed by atoms with Crippen LogP contribution < -0.4 is 15.6 Å². The first-order valence-electron chi connectivity index (χ1n) is 8.77. The first-order chi connectivity index (χ1) is 12.7. The molecule has 2 heterocycles. The van der Waals surface area contributed by atoms with E-state index in [9.17, 15) is 9.59 Å². The molecular formula is C20H25N3O3. The molecule has 0 saturated carbocycles. The lowest BCUT2D eigenvalue weighted by atomic mass is 10.2. The van der Waals surface area contributed by atoms with Crippen LogP contribution in [0.3, 0.4) is 0 Å². The molecule has 0 saturated heterocycles. The maximum atomic E-state index is 12.7. The summed E-state index contributed by atoms with van der Waals surface area (Å²) in [5, 5.41) is 0. The number of nitrogens with one attached hydrogen (secondary N) is 1. The van der Waals surface area contributed by atoms with Crippen LogP contribution in [0.25, 0.3) is 0 Å². The summed E-state index contributed by atoms with van der Waals surface area (Å²) < 4.78 is 7.25. The SMILES string of the molecule is C=CCCN1CNn2ccc(=O)c(OCc3ccccc3)c2C1=O.CC. The second-order valence-corrected chi connectivity index (χ2v) is 5.46. The molecule has 0 aliphatic carbocycles. The summed E-state index contributed by atoms with van der Waals surface area (Å²) in [6.45, 7) is 8.81. The van der Waals surface area contributed by atoms with Crippen molar-refractivity contribution in [3.8, 4) is 5.75 Å². The molecule has 1 aliphatic rings. The molecule has 1 aromatic heterocycles. The van der Waals surface area contributed by atoms with E-state index in [0.717, 1.165) is 5.56 Å². The molecule has 6 heteroatoms. The number of carbonyl (C=O) groups excluding carboxylic acids is 1. The van der Waals surface area contributed by atoms with Crippen molar-refractivity contribution in [3.63, 3.8) is 0 Å². The van der Waals surface area contributed by atoms with E-state index >= 15 is 0 Å². The van der Waals surface area contributed by atoms with Crippen molar-refractivity contribution in [3.05, 3.63) is 76.7 Å². The third-order valence-electron chi connectivity index (χ3n) is 3.81. The van der Waals surface area contributed by atoms with Crippen LogP contribution in [-0.2, 0) is 6.61 Å². The Morgan fingerprint density at radius 1 is 1.19 bits per heavy atom. The number of amides is 1. The Morgan fingerprint density at radius 3 is 2.62 bits per heavy atom. The van der Waals surface area contributed by atoms with E-state index in [1.165, 1.54) is 6.07 Å². The third kappa shape index (κ3) is 4.33. The zero-order valence-electron chi connectivity index (χ0n) is 15.3. The Kier molecular flexibility index (Phi) is 7.02. The number of hydrogen-bond acceptors (Lipinski definition) is 4. The number of pyridine rings is 1. The van der Waals surface area contributed by atoms with Crippen molar-refractivity contribution in [2.75, 3.05) is 18.6 Å². The molecule has 138 valence electrons. The van der Waals surface area contributed by atoms with E-state index in [2.05, 4.69) is 12.0 Å². The fraction of sp³-hybridized carbons (Fsp3) is 0.300. The molecule has 0 spiro atoms. The molecule has 3 rings (SSSR count). The predicted octanol–water partition coefficient (Wildman–Crippen LogP) is 2.99. The molecule has 0 radical (unpaired) electrons. The Hall–Kier alpha value is -3.02. The molecule has 26 heavy (non-hydrogen) atoms. The van der Waals surface area contributed by atoms with Gasteiger partial charge in [0.2, 0.25) is 5.43 Å². The molecule has 0 atom stereocenters. The number of nitrogens with zero attached hydrogens (tertiary/aromatic N) is 2. The van der Waals surface area contributed by atoms with Gasteiger partial charge in [0.05, 0.1) is 0 Å². The van der Waals surface area contributed by atoms with Gasteiger partial charge in [-0.3, -0.25) is 14.3 Å². The number of carbonyl (C=O) groups is 1. The lowest BCUT2D eigenvalue weighted by molar-refractivity contribution is 0.0722. The van der Waals surface area contributed by atoms with Gasteiger partial charge in [0, 0.05) is 18.8 Å². The van der Waals surface area contributed by atoms with Crippen LogP contribution in [0.1, 0.15) is 36.3 Å². The van der Waals surface area contributed by atoms with Crippen LogP contribution in [-0.4, -0.2) is 28.7 Å². The van der Waals surface area contributed by atoms with Crippen molar-refractivity contribution in [2.45, 2.75) is 26.9 Å². The monoisotopic (exact) mass is 355 g/mol. The van der Waals surface area contributed by atoms with Crippen LogP contribution in [0.4, 0.5) is 0 Å². The smallest absolute Gasteiger partial charge is 0.277 e. The average molecular weight is 355 g/mol. The van der Waals surface area contributed by atoms with E-state index < -0.39 is 0 Å². The van der Waals surface area contributed by atoms with Gasteiger partial charge in [0.1, 0.15) is 13.3 Å². The third-order valence-corrected chi connectivity index (χ3v) is 3.81. The molecule has 0 bridgehead atoms. The largest absolute Gasteiger partial charge is 0.482 e. The maximum absolute atomic E-state index is 12.7. The topological polar surface area (TPSA) is 63.6 Å². The fourth-order valence-electron chi connectivity index (χ4n) is 2.53. The number of benzene rings is 1. The minimum atomic E-state index is -0.307. The van der Waals surface area contributed by atoms with E-state index in [0.29, 0.717) is 19.6 Å². The van der Waals surface area contributed by atoms with Crippen molar-refractivity contribution < 1.29 is 9.53 Å². The summed E-state index contributed by atoms with van der Waals surface area (Å²) in [7, 11) is 0.